The molecule has 0 bridgehead atoms. The van der Waals surface area contributed by atoms with E-state index in [0.717, 1.165) is 50.9 Å². The standard InChI is InChI=1S/C16H18F3N3/c17-16(18,19)15-11-21-10-13-9-12(1-2-14(13)15)3-6-22-7-4-20-5-8-22/h1-2,9-11,20H,3-8H2. The van der Waals surface area contributed by atoms with Crippen molar-refractivity contribution < 1.29 is 13.2 Å². The summed E-state index contributed by atoms with van der Waals surface area (Å²) in [7, 11) is 0. The number of nitrogens with zero attached hydrogens (tertiary/aromatic N) is 2. The van der Waals surface area contributed by atoms with E-state index in [1.165, 1.54) is 6.20 Å². The molecule has 0 radical (unpaired) electrons. The van der Waals surface area contributed by atoms with Gasteiger partial charge in [-0.2, -0.15) is 13.2 Å². The van der Waals surface area contributed by atoms with Gasteiger partial charge in [0.1, 0.15) is 0 Å². The van der Waals surface area contributed by atoms with E-state index in [0.29, 0.717) is 5.39 Å². The van der Waals surface area contributed by atoms with Gasteiger partial charge >= 0.3 is 6.18 Å². The molecule has 1 fully saturated rings. The van der Waals surface area contributed by atoms with Gasteiger partial charge in [0.2, 0.25) is 0 Å². The molecule has 0 unspecified atom stereocenters. The van der Waals surface area contributed by atoms with Gasteiger partial charge in [-0.15, -0.1) is 0 Å². The molecule has 1 aromatic carbocycles. The highest BCUT2D eigenvalue weighted by atomic mass is 19.4. The lowest BCUT2D eigenvalue weighted by Gasteiger charge is -2.27. The van der Waals surface area contributed by atoms with Crippen molar-refractivity contribution in [3.05, 3.63) is 41.7 Å². The van der Waals surface area contributed by atoms with Crippen LogP contribution < -0.4 is 5.32 Å². The zero-order valence-corrected chi connectivity index (χ0v) is 12.2. The summed E-state index contributed by atoms with van der Waals surface area (Å²) in [6.07, 6.45) is -1.14. The summed E-state index contributed by atoms with van der Waals surface area (Å²) < 4.78 is 38.9. The van der Waals surface area contributed by atoms with Crippen LogP contribution in [0.1, 0.15) is 11.1 Å². The lowest BCUT2D eigenvalue weighted by atomic mass is 10.0. The van der Waals surface area contributed by atoms with E-state index in [-0.39, 0.29) is 5.39 Å². The summed E-state index contributed by atoms with van der Waals surface area (Å²) in [6.45, 7) is 4.97. The fraction of sp³-hybridized carbons (Fsp3) is 0.438. The summed E-state index contributed by atoms with van der Waals surface area (Å²) in [6, 6.07) is 5.17. The van der Waals surface area contributed by atoms with Gasteiger partial charge in [0.25, 0.3) is 0 Å². The van der Waals surface area contributed by atoms with Crippen LogP contribution >= 0.6 is 0 Å². The minimum absolute atomic E-state index is 0.216. The monoisotopic (exact) mass is 309 g/mol. The lowest BCUT2D eigenvalue weighted by Crippen LogP contribution is -2.44. The molecular weight excluding hydrogens is 291 g/mol. The summed E-state index contributed by atoms with van der Waals surface area (Å²) in [4.78, 5) is 6.10. The van der Waals surface area contributed by atoms with Crippen LogP contribution in [0.4, 0.5) is 13.2 Å². The Morgan fingerprint density at radius 2 is 1.91 bits per heavy atom. The Morgan fingerprint density at radius 3 is 2.64 bits per heavy atom. The third-order valence-electron chi connectivity index (χ3n) is 4.06. The van der Waals surface area contributed by atoms with Gasteiger partial charge in [-0.3, -0.25) is 4.98 Å². The molecule has 0 spiro atoms. The van der Waals surface area contributed by atoms with E-state index in [2.05, 4.69) is 15.2 Å². The number of hydrogen-bond donors (Lipinski definition) is 1. The molecule has 0 amide bonds. The van der Waals surface area contributed by atoms with Crippen LogP contribution in [0.3, 0.4) is 0 Å². The molecule has 1 aliphatic heterocycles. The average Bonchev–Trinajstić information content (AvgIpc) is 2.52. The highest BCUT2D eigenvalue weighted by molar-refractivity contribution is 5.85. The quantitative estimate of drug-likeness (QED) is 0.945. The molecule has 22 heavy (non-hydrogen) atoms. The Balaban J connectivity index is 1.78. The van der Waals surface area contributed by atoms with Crippen molar-refractivity contribution in [2.45, 2.75) is 12.6 Å². The average molecular weight is 309 g/mol. The van der Waals surface area contributed by atoms with Gasteiger partial charge in [0, 0.05) is 50.5 Å². The van der Waals surface area contributed by atoms with Crippen molar-refractivity contribution in [3.63, 3.8) is 0 Å². The second-order valence-corrected chi connectivity index (χ2v) is 5.58. The molecule has 0 atom stereocenters. The molecule has 118 valence electrons. The maximum Gasteiger partial charge on any atom is 0.418 e. The Hall–Kier alpha value is -1.66. The Labute approximate surface area is 127 Å². The summed E-state index contributed by atoms with van der Waals surface area (Å²) in [5.41, 5.74) is 0.380. The zero-order valence-electron chi connectivity index (χ0n) is 12.2. The zero-order chi connectivity index (χ0) is 15.6. The van der Waals surface area contributed by atoms with Crippen molar-refractivity contribution in [2.75, 3.05) is 32.7 Å². The minimum Gasteiger partial charge on any atom is -0.314 e. The van der Waals surface area contributed by atoms with Crippen LogP contribution in [-0.4, -0.2) is 42.6 Å². The molecule has 1 N–H and O–H groups in total. The molecule has 3 rings (SSSR count). The molecule has 3 nitrogen and oxygen atoms in total. The lowest BCUT2D eigenvalue weighted by molar-refractivity contribution is -0.136. The predicted molar refractivity (Wildman–Crippen MR) is 79.8 cm³/mol. The number of nitrogens with one attached hydrogen (secondary N) is 1. The molecule has 1 aromatic heterocycles. The molecule has 2 heterocycles. The Morgan fingerprint density at radius 1 is 1.14 bits per heavy atom. The summed E-state index contributed by atoms with van der Waals surface area (Å²) >= 11 is 0. The molecular formula is C16H18F3N3. The number of piperazine rings is 1. The van der Waals surface area contributed by atoms with Crippen LogP contribution in [0.2, 0.25) is 0 Å². The first-order valence-electron chi connectivity index (χ1n) is 7.41. The van der Waals surface area contributed by atoms with E-state index in [1.54, 1.807) is 12.1 Å². The van der Waals surface area contributed by atoms with Crippen molar-refractivity contribution in [1.29, 1.82) is 0 Å². The largest absolute Gasteiger partial charge is 0.418 e. The first kappa shape index (κ1) is 15.2. The van der Waals surface area contributed by atoms with E-state index >= 15 is 0 Å². The van der Waals surface area contributed by atoms with E-state index in [9.17, 15) is 13.2 Å². The summed E-state index contributed by atoms with van der Waals surface area (Å²) in [5.74, 6) is 0. The van der Waals surface area contributed by atoms with E-state index < -0.39 is 11.7 Å². The van der Waals surface area contributed by atoms with E-state index in [4.69, 9.17) is 0 Å². The Kier molecular flexibility index (Phi) is 4.31. The first-order chi connectivity index (χ1) is 10.5. The smallest absolute Gasteiger partial charge is 0.314 e. The van der Waals surface area contributed by atoms with Crippen LogP contribution in [0.5, 0.6) is 0 Å². The van der Waals surface area contributed by atoms with Crippen LogP contribution in [0.15, 0.2) is 30.6 Å². The molecule has 6 heteroatoms. The van der Waals surface area contributed by atoms with Crippen LogP contribution in [0, 0.1) is 0 Å². The second-order valence-electron chi connectivity index (χ2n) is 5.58. The molecule has 0 aliphatic carbocycles. The minimum atomic E-state index is -4.37. The fourth-order valence-corrected chi connectivity index (χ4v) is 2.83. The van der Waals surface area contributed by atoms with Crippen molar-refractivity contribution in [3.8, 4) is 0 Å². The van der Waals surface area contributed by atoms with Gasteiger partial charge in [-0.1, -0.05) is 12.1 Å². The van der Waals surface area contributed by atoms with Gasteiger partial charge in [-0.25, -0.2) is 0 Å². The molecule has 2 aromatic rings. The SMILES string of the molecule is FC(F)(F)c1cncc2cc(CCN3CCNCC3)ccc12. The highest BCUT2D eigenvalue weighted by Gasteiger charge is 2.32. The van der Waals surface area contributed by atoms with Crippen molar-refractivity contribution >= 4 is 10.8 Å². The van der Waals surface area contributed by atoms with Crippen molar-refractivity contribution in [1.82, 2.24) is 15.2 Å². The number of hydrogen-bond acceptors (Lipinski definition) is 3. The highest BCUT2D eigenvalue weighted by Crippen LogP contribution is 2.34. The summed E-state index contributed by atoms with van der Waals surface area (Å²) in [5, 5.41) is 4.07. The number of rotatable bonds is 3. The molecule has 1 saturated heterocycles. The third kappa shape index (κ3) is 3.39. The van der Waals surface area contributed by atoms with Gasteiger partial charge in [-0.05, 0) is 23.4 Å². The normalized spacial score (nSPS) is 17.0. The Bertz CT molecular complexity index is 649. The number of pyridine rings is 1. The third-order valence-corrected chi connectivity index (χ3v) is 4.06. The van der Waals surface area contributed by atoms with E-state index in [1.807, 2.05) is 6.07 Å². The maximum atomic E-state index is 13.0. The van der Waals surface area contributed by atoms with Crippen molar-refractivity contribution in [2.24, 2.45) is 0 Å². The fourth-order valence-electron chi connectivity index (χ4n) is 2.83. The second kappa shape index (κ2) is 6.22. The number of aromatic nitrogens is 1. The van der Waals surface area contributed by atoms with Gasteiger partial charge in [0.15, 0.2) is 0 Å². The number of halogens is 3. The number of fused-ring (bicyclic) bond motifs is 1. The predicted octanol–water partition coefficient (Wildman–Crippen LogP) is 2.70. The number of benzene rings is 1. The number of alkyl halides is 3. The topological polar surface area (TPSA) is 28.2 Å². The maximum absolute atomic E-state index is 13.0. The van der Waals surface area contributed by atoms with Crippen LogP contribution in [-0.2, 0) is 12.6 Å². The van der Waals surface area contributed by atoms with Gasteiger partial charge in [0.05, 0.1) is 5.56 Å². The molecule has 1 aliphatic rings. The van der Waals surface area contributed by atoms with Gasteiger partial charge < -0.3 is 10.2 Å². The first-order valence-corrected chi connectivity index (χ1v) is 7.41. The van der Waals surface area contributed by atoms with Crippen LogP contribution in [0.25, 0.3) is 10.8 Å². The molecule has 0 saturated carbocycles.